The lowest BCUT2D eigenvalue weighted by Gasteiger charge is -2.32. The van der Waals surface area contributed by atoms with Crippen LogP contribution in [0, 0.1) is 5.92 Å². The van der Waals surface area contributed by atoms with Crippen molar-refractivity contribution in [3.05, 3.63) is 0 Å². The highest BCUT2D eigenvalue weighted by Crippen LogP contribution is 2.19. The van der Waals surface area contributed by atoms with Gasteiger partial charge in [-0.1, -0.05) is 71.1 Å². The summed E-state index contributed by atoms with van der Waals surface area (Å²) in [5.41, 5.74) is 0. The van der Waals surface area contributed by atoms with Gasteiger partial charge in [-0.3, -0.25) is 4.79 Å². The summed E-state index contributed by atoms with van der Waals surface area (Å²) in [6.07, 6.45) is 14.9. The summed E-state index contributed by atoms with van der Waals surface area (Å²) in [5, 5.41) is 0. The summed E-state index contributed by atoms with van der Waals surface area (Å²) in [6.45, 7) is 3.09. The number of carbonyl (C=O) groups excluding carboxylic acids is 2. The molecule has 2 unspecified atom stereocenters. The van der Waals surface area contributed by atoms with Crippen molar-refractivity contribution >= 4 is 12.3 Å². The van der Waals surface area contributed by atoms with Gasteiger partial charge in [0.2, 0.25) is 0 Å². The van der Waals surface area contributed by atoms with Crippen LogP contribution in [0.3, 0.4) is 0 Å². The van der Waals surface area contributed by atoms with Crippen LogP contribution in [0.4, 0.5) is 0 Å². The van der Waals surface area contributed by atoms with E-state index in [9.17, 15) is 9.59 Å². The molecule has 1 aliphatic rings. The van der Waals surface area contributed by atoms with E-state index in [1.807, 2.05) is 0 Å². The van der Waals surface area contributed by atoms with Gasteiger partial charge in [-0.25, -0.2) is 0 Å². The molecule has 23 heavy (non-hydrogen) atoms. The lowest BCUT2D eigenvalue weighted by molar-refractivity contribution is -0.166. The Hall–Kier alpha value is -0.900. The molecule has 0 spiro atoms. The highest BCUT2D eigenvalue weighted by atomic mass is 16.5. The molecular weight excluding hydrogens is 292 g/mol. The van der Waals surface area contributed by atoms with E-state index in [1.165, 1.54) is 57.8 Å². The molecule has 0 aromatic rings. The quantitative estimate of drug-likeness (QED) is 0.253. The monoisotopic (exact) mass is 326 g/mol. The number of aldehydes is 1. The third-order valence-corrected chi connectivity index (χ3v) is 4.54. The van der Waals surface area contributed by atoms with Crippen molar-refractivity contribution in [1.29, 1.82) is 0 Å². The van der Waals surface area contributed by atoms with E-state index >= 15 is 0 Å². The van der Waals surface area contributed by atoms with Crippen LogP contribution >= 0.6 is 0 Å². The smallest absolute Gasteiger partial charge is 0.305 e. The fraction of sp³-hybridized carbons (Fsp3) is 0.895. The fourth-order valence-corrected chi connectivity index (χ4v) is 2.84. The number of unbranched alkanes of at least 4 members (excludes halogenated alkanes) is 10. The molecular formula is C19H34O4. The molecule has 0 aliphatic carbocycles. The van der Waals surface area contributed by atoms with Gasteiger partial charge in [-0.15, -0.1) is 0 Å². The molecule has 2 atom stereocenters. The highest BCUT2D eigenvalue weighted by molar-refractivity contribution is 5.69. The van der Waals surface area contributed by atoms with Crippen molar-refractivity contribution in [3.8, 4) is 0 Å². The Morgan fingerprint density at radius 3 is 2.04 bits per heavy atom. The van der Waals surface area contributed by atoms with Gasteiger partial charge in [0.25, 0.3) is 0 Å². The fourth-order valence-electron chi connectivity index (χ4n) is 2.84. The van der Waals surface area contributed by atoms with E-state index in [4.69, 9.17) is 9.47 Å². The van der Waals surface area contributed by atoms with E-state index in [-0.39, 0.29) is 18.0 Å². The first-order valence-electron chi connectivity index (χ1n) is 9.50. The summed E-state index contributed by atoms with van der Waals surface area (Å²) in [7, 11) is 0. The Bertz CT molecular complexity index is 316. The van der Waals surface area contributed by atoms with Crippen molar-refractivity contribution in [2.24, 2.45) is 5.92 Å². The molecule has 4 heteroatoms. The van der Waals surface area contributed by atoms with Gasteiger partial charge in [0, 0.05) is 12.3 Å². The van der Waals surface area contributed by atoms with Crippen molar-refractivity contribution in [3.63, 3.8) is 0 Å². The molecule has 1 fully saturated rings. The predicted octanol–water partition coefficient (Wildman–Crippen LogP) is 4.44. The largest absolute Gasteiger partial charge is 0.465 e. The lowest BCUT2D eigenvalue weighted by atomic mass is 10.0. The molecule has 0 saturated carbocycles. The zero-order valence-electron chi connectivity index (χ0n) is 14.8. The lowest BCUT2D eigenvalue weighted by Crippen LogP contribution is -2.43. The first-order valence-corrected chi connectivity index (χ1v) is 9.50. The topological polar surface area (TPSA) is 52.6 Å². The number of carbonyl (C=O) groups is 2. The van der Waals surface area contributed by atoms with Gasteiger partial charge >= 0.3 is 5.97 Å². The standard InChI is InChI=1S/C19H34O4/c1-2-3-4-5-6-7-8-9-10-11-12-13-19(21)23-16-17-15-22-18(17)14-20/h14,17-18H,2-13,15-16H2,1H3. The summed E-state index contributed by atoms with van der Waals surface area (Å²) in [4.78, 5) is 22.2. The minimum atomic E-state index is -0.371. The molecule has 0 aromatic carbocycles. The van der Waals surface area contributed by atoms with Crippen molar-refractivity contribution in [2.75, 3.05) is 13.2 Å². The van der Waals surface area contributed by atoms with Gasteiger partial charge in [-0.05, 0) is 6.42 Å². The minimum absolute atomic E-state index is 0.0637. The van der Waals surface area contributed by atoms with Crippen molar-refractivity contribution in [2.45, 2.75) is 90.1 Å². The second kappa shape index (κ2) is 13.5. The minimum Gasteiger partial charge on any atom is -0.465 e. The first-order chi connectivity index (χ1) is 11.3. The van der Waals surface area contributed by atoms with E-state index in [0.717, 1.165) is 19.1 Å². The normalized spacial score (nSPS) is 20.0. The van der Waals surface area contributed by atoms with Crippen molar-refractivity contribution < 1.29 is 19.1 Å². The van der Waals surface area contributed by atoms with E-state index in [0.29, 0.717) is 19.6 Å². The van der Waals surface area contributed by atoms with Crippen LogP contribution in [-0.4, -0.2) is 31.6 Å². The van der Waals surface area contributed by atoms with Crippen LogP contribution in [0.2, 0.25) is 0 Å². The number of rotatable bonds is 15. The zero-order valence-corrected chi connectivity index (χ0v) is 14.8. The van der Waals surface area contributed by atoms with Gasteiger partial charge in [0.05, 0.1) is 13.2 Å². The van der Waals surface area contributed by atoms with E-state index < -0.39 is 0 Å². The molecule has 134 valence electrons. The van der Waals surface area contributed by atoms with Crippen LogP contribution < -0.4 is 0 Å². The molecule has 0 radical (unpaired) electrons. The Morgan fingerprint density at radius 1 is 1.00 bits per heavy atom. The maximum atomic E-state index is 11.6. The van der Waals surface area contributed by atoms with Gasteiger partial charge in [-0.2, -0.15) is 0 Å². The maximum absolute atomic E-state index is 11.6. The number of esters is 1. The maximum Gasteiger partial charge on any atom is 0.305 e. The predicted molar refractivity (Wildman–Crippen MR) is 91.3 cm³/mol. The summed E-state index contributed by atoms with van der Waals surface area (Å²) in [5.74, 6) is -0.0775. The van der Waals surface area contributed by atoms with Gasteiger partial charge in [0.15, 0.2) is 0 Å². The molecule has 1 rings (SSSR count). The molecule has 0 aromatic heterocycles. The average Bonchev–Trinajstić information content (AvgIpc) is 2.52. The van der Waals surface area contributed by atoms with Crippen LogP contribution in [0.5, 0.6) is 0 Å². The van der Waals surface area contributed by atoms with Gasteiger partial charge in [0.1, 0.15) is 12.4 Å². The Balaban J connectivity index is 1.80. The molecule has 1 saturated heterocycles. The average molecular weight is 326 g/mol. The third-order valence-electron chi connectivity index (χ3n) is 4.54. The summed E-state index contributed by atoms with van der Waals surface area (Å²) < 4.78 is 10.2. The van der Waals surface area contributed by atoms with E-state index in [1.54, 1.807) is 0 Å². The zero-order chi connectivity index (χ0) is 16.8. The molecule has 4 nitrogen and oxygen atoms in total. The summed E-state index contributed by atoms with van der Waals surface area (Å²) >= 11 is 0. The second-order valence-corrected chi connectivity index (χ2v) is 6.66. The van der Waals surface area contributed by atoms with Crippen LogP contribution in [-0.2, 0) is 19.1 Å². The Labute approximate surface area is 141 Å². The number of hydrogen-bond donors (Lipinski definition) is 0. The van der Waals surface area contributed by atoms with E-state index in [2.05, 4.69) is 6.92 Å². The highest BCUT2D eigenvalue weighted by Gasteiger charge is 2.32. The van der Waals surface area contributed by atoms with Crippen LogP contribution in [0.1, 0.15) is 84.0 Å². The first kappa shape index (κ1) is 20.1. The number of ether oxygens (including phenoxy) is 2. The number of hydrogen-bond acceptors (Lipinski definition) is 4. The second-order valence-electron chi connectivity index (χ2n) is 6.66. The Morgan fingerprint density at radius 2 is 1.57 bits per heavy atom. The van der Waals surface area contributed by atoms with Crippen molar-refractivity contribution in [1.82, 2.24) is 0 Å². The molecule has 0 amide bonds. The third kappa shape index (κ3) is 9.75. The molecule has 1 heterocycles. The van der Waals surface area contributed by atoms with Crippen LogP contribution in [0.15, 0.2) is 0 Å². The summed E-state index contributed by atoms with van der Waals surface area (Å²) in [6, 6.07) is 0. The Kier molecular flexibility index (Phi) is 11.9. The molecule has 0 N–H and O–H groups in total. The van der Waals surface area contributed by atoms with Crippen LogP contribution in [0.25, 0.3) is 0 Å². The molecule has 0 bridgehead atoms. The molecule has 1 aliphatic heterocycles. The van der Waals surface area contributed by atoms with Gasteiger partial charge < -0.3 is 14.3 Å². The SMILES string of the molecule is CCCCCCCCCCCCCC(=O)OCC1COC1C=O.